The van der Waals surface area contributed by atoms with Crippen molar-refractivity contribution in [1.82, 2.24) is 14.7 Å². The second-order valence-corrected chi connectivity index (χ2v) is 5.71. The van der Waals surface area contributed by atoms with Gasteiger partial charge in [0.2, 0.25) is 0 Å². The Morgan fingerprint density at radius 3 is 3.12 bits per heavy atom. The molecule has 0 spiro atoms. The van der Waals surface area contributed by atoms with Crippen molar-refractivity contribution in [2.75, 3.05) is 25.0 Å². The Kier molecular flexibility index (Phi) is 5.10. The third-order valence-corrected chi connectivity index (χ3v) is 4.02. The molecule has 0 bridgehead atoms. The molecule has 7 heteroatoms. The number of hydrogen-bond donors (Lipinski definition) is 1. The largest absolute Gasteiger partial charge is 0.377 e. The lowest BCUT2D eigenvalue weighted by molar-refractivity contribution is 0.0181. The molecule has 1 fully saturated rings. The molecule has 0 aliphatic carbocycles. The minimum atomic E-state index is -0.410. The van der Waals surface area contributed by atoms with Gasteiger partial charge in [0.15, 0.2) is 0 Å². The number of urea groups is 1. The maximum absolute atomic E-state index is 13.6. The van der Waals surface area contributed by atoms with Crippen molar-refractivity contribution in [1.29, 1.82) is 0 Å². The molecule has 6 nitrogen and oxygen atoms in total. The summed E-state index contributed by atoms with van der Waals surface area (Å²) in [4.78, 5) is 14.3. The molecule has 1 atom stereocenters. The molecule has 0 radical (unpaired) electrons. The van der Waals surface area contributed by atoms with E-state index in [0.29, 0.717) is 31.1 Å². The van der Waals surface area contributed by atoms with Crippen LogP contribution in [0.15, 0.2) is 36.7 Å². The number of nitrogens with zero attached hydrogens (tertiary/aromatic N) is 3. The van der Waals surface area contributed by atoms with E-state index in [-0.39, 0.29) is 12.1 Å². The van der Waals surface area contributed by atoms with Crippen molar-refractivity contribution < 1.29 is 13.9 Å². The van der Waals surface area contributed by atoms with E-state index in [1.165, 1.54) is 12.1 Å². The second-order valence-electron chi connectivity index (χ2n) is 5.71. The summed E-state index contributed by atoms with van der Waals surface area (Å²) in [5, 5.41) is 6.94. The van der Waals surface area contributed by atoms with E-state index >= 15 is 0 Å². The van der Waals surface area contributed by atoms with Gasteiger partial charge in [-0.05, 0) is 44.0 Å². The minimum absolute atomic E-state index is 0.0626. The first kappa shape index (κ1) is 16.4. The third-order valence-electron chi connectivity index (χ3n) is 4.02. The first-order valence-electron chi connectivity index (χ1n) is 8.14. The Morgan fingerprint density at radius 1 is 1.50 bits per heavy atom. The van der Waals surface area contributed by atoms with Crippen LogP contribution in [0.3, 0.4) is 0 Å². The number of ether oxygens (including phenoxy) is 1. The molecule has 24 heavy (non-hydrogen) atoms. The number of anilines is 1. The number of aromatic nitrogens is 2. The zero-order chi connectivity index (χ0) is 16.9. The van der Waals surface area contributed by atoms with Crippen molar-refractivity contribution in [2.24, 2.45) is 0 Å². The zero-order valence-electron chi connectivity index (χ0n) is 13.6. The standard InChI is InChI=1S/C17H21FN4O2/c1-2-24-14-5-3-9-21(12-14)17(23)20-15-11-13(18)6-7-16(15)22-10-4-8-19-22/h4,6-8,10-11,14H,2-3,5,9,12H2,1H3,(H,20,23). The van der Waals surface area contributed by atoms with Crippen molar-refractivity contribution in [3.05, 3.63) is 42.5 Å². The molecule has 2 heterocycles. The van der Waals surface area contributed by atoms with E-state index in [1.807, 2.05) is 6.92 Å². The molecular formula is C17H21FN4O2. The fourth-order valence-corrected chi connectivity index (χ4v) is 2.91. The maximum atomic E-state index is 13.6. The number of halogens is 1. The van der Waals surface area contributed by atoms with Gasteiger partial charge in [-0.1, -0.05) is 0 Å². The van der Waals surface area contributed by atoms with Gasteiger partial charge in [-0.2, -0.15) is 5.10 Å². The summed E-state index contributed by atoms with van der Waals surface area (Å²) in [6.07, 6.45) is 5.29. The lowest BCUT2D eigenvalue weighted by Gasteiger charge is -2.32. The molecule has 1 aromatic heterocycles. The molecule has 1 N–H and O–H groups in total. The number of likely N-dealkylation sites (tertiary alicyclic amines) is 1. The highest BCUT2D eigenvalue weighted by atomic mass is 19.1. The van der Waals surface area contributed by atoms with Crippen LogP contribution in [0.1, 0.15) is 19.8 Å². The average Bonchev–Trinajstić information content (AvgIpc) is 3.10. The molecule has 1 aliphatic heterocycles. The number of carbonyl (C=O) groups excluding carboxylic acids is 1. The van der Waals surface area contributed by atoms with Gasteiger partial charge in [0.05, 0.1) is 17.5 Å². The summed E-state index contributed by atoms with van der Waals surface area (Å²) in [5.74, 6) is -0.410. The quantitative estimate of drug-likeness (QED) is 0.936. The topological polar surface area (TPSA) is 59.4 Å². The first-order valence-corrected chi connectivity index (χ1v) is 8.14. The highest BCUT2D eigenvalue weighted by Crippen LogP contribution is 2.22. The number of carbonyl (C=O) groups is 1. The summed E-state index contributed by atoms with van der Waals surface area (Å²) in [6.45, 7) is 3.80. The Labute approximate surface area is 140 Å². The molecule has 128 valence electrons. The van der Waals surface area contributed by atoms with Crippen molar-refractivity contribution >= 4 is 11.7 Å². The van der Waals surface area contributed by atoms with Crippen LogP contribution in [0.4, 0.5) is 14.9 Å². The van der Waals surface area contributed by atoms with Crippen LogP contribution >= 0.6 is 0 Å². The summed E-state index contributed by atoms with van der Waals surface area (Å²) in [7, 11) is 0. The smallest absolute Gasteiger partial charge is 0.321 e. The number of rotatable bonds is 4. The highest BCUT2D eigenvalue weighted by molar-refractivity contribution is 5.91. The van der Waals surface area contributed by atoms with Gasteiger partial charge in [-0.15, -0.1) is 0 Å². The molecule has 3 rings (SSSR count). The molecule has 1 aromatic carbocycles. The van der Waals surface area contributed by atoms with Crippen LogP contribution in [0, 0.1) is 5.82 Å². The number of amides is 2. The van der Waals surface area contributed by atoms with Crippen LogP contribution in [-0.2, 0) is 4.74 Å². The van der Waals surface area contributed by atoms with Gasteiger partial charge in [0.1, 0.15) is 5.82 Å². The molecule has 1 aliphatic rings. The van der Waals surface area contributed by atoms with Crippen LogP contribution < -0.4 is 5.32 Å². The lowest BCUT2D eigenvalue weighted by Crippen LogP contribution is -2.45. The molecule has 0 saturated carbocycles. The van der Waals surface area contributed by atoms with Crippen LogP contribution in [-0.4, -0.2) is 46.5 Å². The predicted molar refractivity (Wildman–Crippen MR) is 88.8 cm³/mol. The monoisotopic (exact) mass is 332 g/mol. The van der Waals surface area contributed by atoms with E-state index in [9.17, 15) is 9.18 Å². The van der Waals surface area contributed by atoms with E-state index in [2.05, 4.69) is 10.4 Å². The van der Waals surface area contributed by atoms with Gasteiger partial charge in [0, 0.05) is 32.1 Å². The van der Waals surface area contributed by atoms with Crippen LogP contribution in [0.2, 0.25) is 0 Å². The highest BCUT2D eigenvalue weighted by Gasteiger charge is 2.24. The van der Waals surface area contributed by atoms with Gasteiger partial charge in [-0.25, -0.2) is 13.9 Å². The summed E-state index contributed by atoms with van der Waals surface area (Å²) >= 11 is 0. The normalized spacial score (nSPS) is 17.8. The number of nitrogens with one attached hydrogen (secondary N) is 1. The van der Waals surface area contributed by atoms with Gasteiger partial charge >= 0.3 is 6.03 Å². The Hall–Kier alpha value is -2.41. The summed E-state index contributed by atoms with van der Waals surface area (Å²) in [6, 6.07) is 5.76. The van der Waals surface area contributed by atoms with Crippen LogP contribution in [0.5, 0.6) is 0 Å². The Bertz CT molecular complexity index is 688. The van der Waals surface area contributed by atoms with E-state index in [1.54, 1.807) is 34.1 Å². The summed E-state index contributed by atoms with van der Waals surface area (Å²) in [5.41, 5.74) is 1.01. The first-order chi connectivity index (χ1) is 11.7. The maximum Gasteiger partial charge on any atom is 0.321 e. The molecular weight excluding hydrogens is 311 g/mol. The number of piperidine rings is 1. The van der Waals surface area contributed by atoms with E-state index in [4.69, 9.17) is 4.74 Å². The average molecular weight is 332 g/mol. The molecule has 2 aromatic rings. The zero-order valence-corrected chi connectivity index (χ0v) is 13.6. The Morgan fingerprint density at radius 2 is 2.38 bits per heavy atom. The predicted octanol–water partition coefficient (Wildman–Crippen LogP) is 3.04. The number of hydrogen-bond acceptors (Lipinski definition) is 3. The summed E-state index contributed by atoms with van der Waals surface area (Å²) < 4.78 is 20.8. The van der Waals surface area contributed by atoms with Crippen LogP contribution in [0.25, 0.3) is 5.69 Å². The van der Waals surface area contributed by atoms with Gasteiger partial charge in [0.25, 0.3) is 0 Å². The lowest BCUT2D eigenvalue weighted by atomic mass is 10.1. The molecule has 1 saturated heterocycles. The number of benzene rings is 1. The fraction of sp³-hybridized carbons (Fsp3) is 0.412. The van der Waals surface area contributed by atoms with Crippen molar-refractivity contribution in [3.63, 3.8) is 0 Å². The SMILES string of the molecule is CCOC1CCCN(C(=O)Nc2cc(F)ccc2-n2cccn2)C1. The third kappa shape index (κ3) is 3.73. The van der Waals surface area contributed by atoms with Gasteiger partial charge in [-0.3, -0.25) is 0 Å². The molecule has 2 amide bonds. The fourth-order valence-electron chi connectivity index (χ4n) is 2.91. The van der Waals surface area contributed by atoms with Crippen molar-refractivity contribution in [2.45, 2.75) is 25.9 Å². The molecule has 1 unspecified atom stereocenters. The van der Waals surface area contributed by atoms with Crippen molar-refractivity contribution in [3.8, 4) is 5.69 Å². The second kappa shape index (κ2) is 7.44. The minimum Gasteiger partial charge on any atom is -0.377 e. The van der Waals surface area contributed by atoms with E-state index in [0.717, 1.165) is 12.8 Å². The van der Waals surface area contributed by atoms with Gasteiger partial charge < -0.3 is 15.0 Å². The van der Waals surface area contributed by atoms with E-state index < -0.39 is 5.82 Å². The Balaban J connectivity index is 1.75.